The van der Waals surface area contributed by atoms with E-state index in [0.717, 1.165) is 0 Å². The molecule has 1 heterocycles. The van der Waals surface area contributed by atoms with Gasteiger partial charge in [0.25, 0.3) is 0 Å². The largest absolute Gasteiger partial charge is 0.530 e. The molecule has 0 aliphatic carbocycles. The lowest BCUT2D eigenvalue weighted by Gasteiger charge is -2.40. The van der Waals surface area contributed by atoms with Crippen molar-refractivity contribution >= 4 is 6.09 Å². The molecular formula is C5H8NO3-. The van der Waals surface area contributed by atoms with Gasteiger partial charge in [-0.25, -0.2) is 0 Å². The van der Waals surface area contributed by atoms with Crippen molar-refractivity contribution in [2.24, 2.45) is 5.92 Å². The average molecular weight is 130 g/mol. The molecule has 1 fully saturated rings. The van der Waals surface area contributed by atoms with E-state index in [1.54, 1.807) is 0 Å². The highest BCUT2D eigenvalue weighted by Gasteiger charge is 2.25. The third-order valence-electron chi connectivity index (χ3n) is 1.47. The lowest BCUT2D eigenvalue weighted by Crippen LogP contribution is -2.55. The molecule has 4 heteroatoms. The van der Waals surface area contributed by atoms with E-state index in [9.17, 15) is 9.90 Å². The van der Waals surface area contributed by atoms with Gasteiger partial charge in [0.05, 0.1) is 0 Å². The van der Waals surface area contributed by atoms with Crippen molar-refractivity contribution < 1.29 is 15.0 Å². The standard InChI is InChI=1S/C5H9NO3/c7-3-4-1-6(2-4)5(8)9/h4,7H,1-3H2,(H,8,9)/p-1. The van der Waals surface area contributed by atoms with Gasteiger partial charge in [-0.15, -0.1) is 0 Å². The summed E-state index contributed by atoms with van der Waals surface area (Å²) in [5.41, 5.74) is 0. The number of carbonyl (C=O) groups is 1. The number of likely N-dealkylation sites (tertiary alicyclic amines) is 1. The first kappa shape index (κ1) is 6.35. The zero-order chi connectivity index (χ0) is 6.85. The lowest BCUT2D eigenvalue weighted by atomic mass is 10.0. The van der Waals surface area contributed by atoms with Gasteiger partial charge in [-0.3, -0.25) is 0 Å². The van der Waals surface area contributed by atoms with Gasteiger partial charge in [-0.1, -0.05) is 0 Å². The van der Waals surface area contributed by atoms with Crippen LogP contribution in [0, 0.1) is 5.92 Å². The fourth-order valence-electron chi connectivity index (χ4n) is 0.834. The van der Waals surface area contributed by atoms with E-state index in [0.29, 0.717) is 13.1 Å². The normalized spacial score (nSPS) is 19.4. The van der Waals surface area contributed by atoms with Gasteiger partial charge in [0.1, 0.15) is 6.09 Å². The SMILES string of the molecule is O=C([O-])N1CC(CO)C1. The molecule has 4 nitrogen and oxygen atoms in total. The third kappa shape index (κ3) is 1.13. The lowest BCUT2D eigenvalue weighted by molar-refractivity contribution is -0.272. The minimum Gasteiger partial charge on any atom is -0.530 e. The quantitative estimate of drug-likeness (QED) is 0.458. The maximum absolute atomic E-state index is 9.98. The van der Waals surface area contributed by atoms with Crippen LogP contribution >= 0.6 is 0 Å². The predicted octanol–water partition coefficient (Wildman–Crippen LogP) is -1.75. The molecule has 0 bridgehead atoms. The molecule has 0 saturated carbocycles. The topological polar surface area (TPSA) is 63.6 Å². The van der Waals surface area contributed by atoms with Gasteiger partial charge < -0.3 is 19.9 Å². The maximum Gasteiger partial charge on any atom is 0.136 e. The average Bonchev–Trinajstić information content (AvgIpc) is 1.61. The molecule has 9 heavy (non-hydrogen) atoms. The van der Waals surface area contributed by atoms with Crippen LogP contribution in [0.1, 0.15) is 0 Å². The number of hydrogen-bond donors (Lipinski definition) is 1. The van der Waals surface area contributed by atoms with Crippen molar-refractivity contribution in [3.63, 3.8) is 0 Å². The Balaban J connectivity index is 2.19. The molecule has 0 radical (unpaired) electrons. The summed E-state index contributed by atoms with van der Waals surface area (Å²) >= 11 is 0. The molecule has 0 aromatic rings. The Morgan fingerprint density at radius 3 is 2.67 bits per heavy atom. The maximum atomic E-state index is 9.98. The molecule has 1 amide bonds. The summed E-state index contributed by atoms with van der Waals surface area (Å²) in [5, 5.41) is 18.4. The summed E-state index contributed by atoms with van der Waals surface area (Å²) in [6.45, 7) is 0.932. The molecule has 0 unspecified atom stereocenters. The zero-order valence-corrected chi connectivity index (χ0v) is 4.91. The molecule has 0 aromatic carbocycles. The second-order valence-corrected chi connectivity index (χ2v) is 2.22. The van der Waals surface area contributed by atoms with E-state index in [1.165, 1.54) is 4.90 Å². The van der Waals surface area contributed by atoms with Crippen LogP contribution in [0.15, 0.2) is 0 Å². The molecule has 52 valence electrons. The summed E-state index contributed by atoms with van der Waals surface area (Å²) in [6.07, 6.45) is -1.14. The van der Waals surface area contributed by atoms with Crippen LogP contribution in [0.3, 0.4) is 0 Å². The van der Waals surface area contributed by atoms with Crippen molar-refractivity contribution in [3.05, 3.63) is 0 Å². The van der Waals surface area contributed by atoms with Crippen molar-refractivity contribution in [1.29, 1.82) is 0 Å². The van der Waals surface area contributed by atoms with Crippen LogP contribution in [0.5, 0.6) is 0 Å². The van der Waals surface area contributed by atoms with Crippen LogP contribution < -0.4 is 5.11 Å². The summed E-state index contributed by atoms with van der Waals surface area (Å²) in [5.74, 6) is 0.142. The fraction of sp³-hybridized carbons (Fsp3) is 0.800. The molecule has 1 rings (SSSR count). The van der Waals surface area contributed by atoms with E-state index in [-0.39, 0.29) is 12.5 Å². The Morgan fingerprint density at radius 2 is 2.33 bits per heavy atom. The Kier molecular flexibility index (Phi) is 1.57. The summed E-state index contributed by atoms with van der Waals surface area (Å²) in [6, 6.07) is 0. The first-order chi connectivity index (χ1) is 4.24. The number of nitrogens with zero attached hydrogens (tertiary/aromatic N) is 1. The van der Waals surface area contributed by atoms with Crippen LogP contribution in [0.4, 0.5) is 4.79 Å². The molecule has 0 spiro atoms. The van der Waals surface area contributed by atoms with E-state index >= 15 is 0 Å². The van der Waals surface area contributed by atoms with Gasteiger partial charge >= 0.3 is 0 Å². The predicted molar refractivity (Wildman–Crippen MR) is 27.5 cm³/mol. The zero-order valence-electron chi connectivity index (χ0n) is 4.91. The van der Waals surface area contributed by atoms with Crippen molar-refractivity contribution in [3.8, 4) is 0 Å². The van der Waals surface area contributed by atoms with Crippen LogP contribution in [-0.4, -0.2) is 35.8 Å². The highest BCUT2D eigenvalue weighted by atomic mass is 16.4. The number of aliphatic hydroxyl groups excluding tert-OH is 1. The third-order valence-corrected chi connectivity index (χ3v) is 1.47. The summed E-state index contributed by atoms with van der Waals surface area (Å²) in [7, 11) is 0. The number of carboxylic acid groups (broad SMARTS) is 1. The molecular weight excluding hydrogens is 122 g/mol. The molecule has 0 atom stereocenters. The van der Waals surface area contributed by atoms with Crippen molar-refractivity contribution in [2.75, 3.05) is 19.7 Å². The van der Waals surface area contributed by atoms with E-state index < -0.39 is 6.09 Å². The van der Waals surface area contributed by atoms with Gasteiger partial charge in [0.2, 0.25) is 0 Å². The number of aliphatic hydroxyl groups is 1. The Hall–Kier alpha value is -0.770. The molecule has 0 aromatic heterocycles. The first-order valence-electron chi connectivity index (χ1n) is 2.81. The number of amides is 1. The second kappa shape index (κ2) is 2.23. The second-order valence-electron chi connectivity index (χ2n) is 2.22. The molecule has 1 N–H and O–H groups in total. The highest BCUT2D eigenvalue weighted by molar-refractivity contribution is 5.63. The van der Waals surface area contributed by atoms with Gasteiger partial charge in [-0.2, -0.15) is 0 Å². The molecule has 1 aliphatic heterocycles. The minimum absolute atomic E-state index is 0.0732. The number of hydrogen-bond acceptors (Lipinski definition) is 3. The van der Waals surface area contributed by atoms with Gasteiger partial charge in [-0.05, 0) is 0 Å². The highest BCUT2D eigenvalue weighted by Crippen LogP contribution is 2.12. The first-order valence-corrected chi connectivity index (χ1v) is 2.81. The molecule has 1 saturated heterocycles. The van der Waals surface area contributed by atoms with Gasteiger partial charge in [0.15, 0.2) is 0 Å². The van der Waals surface area contributed by atoms with E-state index in [2.05, 4.69) is 0 Å². The van der Waals surface area contributed by atoms with E-state index in [4.69, 9.17) is 5.11 Å². The summed E-state index contributed by atoms with van der Waals surface area (Å²) in [4.78, 5) is 11.1. The Bertz CT molecular complexity index is 119. The Morgan fingerprint density at radius 1 is 1.78 bits per heavy atom. The van der Waals surface area contributed by atoms with Crippen LogP contribution in [-0.2, 0) is 0 Å². The molecule has 1 aliphatic rings. The Labute approximate surface area is 52.7 Å². The fourth-order valence-corrected chi connectivity index (χ4v) is 0.834. The van der Waals surface area contributed by atoms with Crippen molar-refractivity contribution in [1.82, 2.24) is 4.90 Å². The summed E-state index contributed by atoms with van der Waals surface area (Å²) < 4.78 is 0. The van der Waals surface area contributed by atoms with Gasteiger partial charge in [0, 0.05) is 25.6 Å². The minimum atomic E-state index is -1.14. The van der Waals surface area contributed by atoms with Crippen molar-refractivity contribution in [2.45, 2.75) is 0 Å². The monoisotopic (exact) mass is 130 g/mol. The van der Waals surface area contributed by atoms with Crippen LogP contribution in [0.2, 0.25) is 0 Å². The smallest absolute Gasteiger partial charge is 0.136 e. The van der Waals surface area contributed by atoms with E-state index in [1.807, 2.05) is 0 Å². The van der Waals surface area contributed by atoms with Crippen LogP contribution in [0.25, 0.3) is 0 Å². The number of carbonyl (C=O) groups excluding carboxylic acids is 1. The number of rotatable bonds is 1.